The van der Waals surface area contributed by atoms with Crippen LogP contribution >= 0.6 is 11.6 Å². The van der Waals surface area contributed by atoms with Gasteiger partial charge in [-0.15, -0.1) is 0 Å². The highest BCUT2D eigenvalue weighted by Crippen LogP contribution is 2.50. The van der Waals surface area contributed by atoms with Gasteiger partial charge in [-0.2, -0.15) is 0 Å². The van der Waals surface area contributed by atoms with E-state index in [0.717, 1.165) is 60.7 Å². The largest absolute Gasteiger partial charge is 0.508 e. The molecule has 21 N–H and O–H groups in total. The summed E-state index contributed by atoms with van der Waals surface area (Å²) in [4.78, 5) is 118. The van der Waals surface area contributed by atoms with E-state index in [2.05, 4.69) is 37.2 Å². The van der Waals surface area contributed by atoms with Crippen LogP contribution in [0, 0.1) is 5.92 Å². The van der Waals surface area contributed by atoms with Gasteiger partial charge in [-0.05, 0) is 128 Å². The highest BCUT2D eigenvalue weighted by Gasteiger charge is 2.52. The van der Waals surface area contributed by atoms with E-state index in [9.17, 15) is 70.2 Å². The van der Waals surface area contributed by atoms with E-state index in [1.54, 1.807) is 24.3 Å². The number of amides is 7. The van der Waals surface area contributed by atoms with E-state index in [0.29, 0.717) is 11.3 Å². The number of primary amides is 1. The highest BCUT2D eigenvalue weighted by atomic mass is 35.5. The summed E-state index contributed by atoms with van der Waals surface area (Å²) in [6.45, 7) is 5.70. The number of rotatable bonds is 15. The second-order valence-corrected chi connectivity index (χ2v) is 27.9. The molecule has 576 valence electrons. The summed E-state index contributed by atoms with van der Waals surface area (Å²) < 4.78 is 44.8. The van der Waals surface area contributed by atoms with E-state index < -0.39 is 237 Å². The van der Waals surface area contributed by atoms with Crippen molar-refractivity contribution in [3.63, 3.8) is 0 Å². The molecule has 0 aromatic heterocycles. The van der Waals surface area contributed by atoms with Crippen molar-refractivity contribution in [3.05, 3.63) is 136 Å². The second kappa shape index (κ2) is 32.2. The van der Waals surface area contributed by atoms with Crippen molar-refractivity contribution in [2.24, 2.45) is 17.4 Å². The lowest BCUT2D eigenvalue weighted by atomic mass is 9.86. The average Bonchev–Trinajstić information content (AvgIpc) is 0.793. The summed E-state index contributed by atoms with van der Waals surface area (Å²) >= 11 is 7.14. The molecule has 2 saturated heterocycles. The van der Waals surface area contributed by atoms with E-state index >= 15 is 19.2 Å². The van der Waals surface area contributed by atoms with Gasteiger partial charge in [-0.1, -0.05) is 55.8 Å². The second-order valence-electron chi connectivity index (χ2n) is 27.5. The fourth-order valence-corrected chi connectivity index (χ4v) is 13.8. The molecule has 0 radical (unpaired) electrons. The van der Waals surface area contributed by atoms with E-state index in [4.69, 9.17) is 56.2 Å². The number of halogens is 1. The zero-order valence-electron chi connectivity index (χ0n) is 58.7. The van der Waals surface area contributed by atoms with Crippen molar-refractivity contribution < 1.29 is 123 Å². The monoisotopic (exact) mass is 1520 g/mol. The Morgan fingerprint density at radius 3 is 1.96 bits per heavy atom. The number of fused-ring (bicyclic) bond motifs is 15. The molecule has 0 spiro atoms. The Morgan fingerprint density at radius 1 is 0.704 bits per heavy atom. The normalized spacial score (nSPS) is 28.2. The first-order valence-electron chi connectivity index (χ1n) is 34.1. The van der Waals surface area contributed by atoms with Crippen LogP contribution in [0.25, 0.3) is 22.3 Å². The number of carboxylic acid groups (broad SMARTS) is 1. The summed E-state index contributed by atoms with van der Waals surface area (Å²) in [5.74, 6) is -15.4. The number of benzene rings is 6. The van der Waals surface area contributed by atoms with Crippen LogP contribution in [0.4, 0.5) is 0 Å². The molecule has 0 saturated carbocycles. The summed E-state index contributed by atoms with van der Waals surface area (Å²) in [6.07, 6.45) is -18.7. The number of phenolic OH excluding ortho intramolecular Hbond substituents is 3. The SMILES string of the molecule is CN[C@H](CC(C)C)C(=O)N[C@H]1C(=O)N[C@@H](CC(N)=O)C(=O)N[C@H]2C(=O)N[C@H]3C(=O)N[C@H](C(=O)N[C@H](C(=O)O)c4cc(O)cc(O)c4-c4cc3ccc4O)[C@H](O)c3ccc(c(Cl)c3)Oc3cc2cc(c3O[C@@H]2O[C@H](CO)[C@@H](O)[C@H](O)[C@H]2O[C@H]2C[C@](C)(N)[C@H](O)[C@H](C)O2)Oc2ccc(cc2-c2ccc(OC)cc2)[C@H]1O. The number of hydrogen-bond donors (Lipinski definition) is 19. The Hall–Kier alpha value is -10.5. The molecule has 0 aliphatic carbocycles. The molecule has 108 heavy (non-hydrogen) atoms. The molecule has 7 aliphatic heterocycles. The number of methoxy groups -OCH3 is 1. The lowest BCUT2D eigenvalue weighted by molar-refractivity contribution is -0.333. The van der Waals surface area contributed by atoms with Crippen LogP contribution in [0.3, 0.4) is 0 Å². The molecule has 2 fully saturated rings. The first-order valence-corrected chi connectivity index (χ1v) is 34.5. The number of phenols is 3. The van der Waals surface area contributed by atoms with Crippen LogP contribution in [-0.2, 0) is 52.6 Å². The number of nitrogens with two attached hydrogens (primary N) is 2. The molecular formula is C73H82ClN9O25. The molecule has 13 rings (SSSR count). The van der Waals surface area contributed by atoms with Gasteiger partial charge in [0.1, 0.15) is 95.2 Å². The lowest BCUT2D eigenvalue weighted by Crippen LogP contribution is -2.64. The molecule has 7 aliphatic rings. The minimum atomic E-state index is -2.36. The fourth-order valence-electron chi connectivity index (χ4n) is 13.5. The predicted octanol–water partition coefficient (Wildman–Crippen LogP) is 1.13. The number of aliphatic hydroxyl groups excluding tert-OH is 6. The molecule has 7 amide bonds. The van der Waals surface area contributed by atoms with Crippen molar-refractivity contribution in [1.29, 1.82) is 0 Å². The van der Waals surface area contributed by atoms with Crippen molar-refractivity contribution in [2.75, 3.05) is 20.8 Å². The molecule has 0 unspecified atom stereocenters. The number of aliphatic carboxylic acids is 1. The first kappa shape index (κ1) is 78.6. The van der Waals surface area contributed by atoms with E-state index in [1.807, 2.05) is 13.8 Å². The molecule has 6 aromatic carbocycles. The van der Waals surface area contributed by atoms with E-state index in [1.165, 1.54) is 46.2 Å². The first-order chi connectivity index (χ1) is 51.2. The highest BCUT2D eigenvalue weighted by molar-refractivity contribution is 6.32. The molecule has 11 bridgehead atoms. The minimum Gasteiger partial charge on any atom is -0.508 e. The van der Waals surface area contributed by atoms with Crippen molar-refractivity contribution in [1.82, 2.24) is 37.2 Å². The zero-order chi connectivity index (χ0) is 78.2. The smallest absolute Gasteiger partial charge is 0.330 e. The number of aromatic hydroxyl groups is 3. The number of carbonyl (C=O) groups is 8. The third-order valence-electron chi connectivity index (χ3n) is 19.2. The molecular weight excluding hydrogens is 1440 g/mol. The van der Waals surface area contributed by atoms with Gasteiger partial charge in [0.15, 0.2) is 29.9 Å². The zero-order valence-corrected chi connectivity index (χ0v) is 59.4. The van der Waals surface area contributed by atoms with Gasteiger partial charge in [-0.3, -0.25) is 33.6 Å². The summed E-state index contributed by atoms with van der Waals surface area (Å²) in [5, 5.41) is 133. The van der Waals surface area contributed by atoms with Gasteiger partial charge < -0.3 is 133 Å². The Labute approximate surface area is 620 Å². The molecule has 34 nitrogen and oxygen atoms in total. The summed E-state index contributed by atoms with van der Waals surface area (Å²) in [7, 11) is 2.90. The maximum absolute atomic E-state index is 16.3. The number of ether oxygens (including phenoxy) is 7. The standard InChI is InChI=1S/C73H82ClN9O25/c1-28(2)17-41(77-5)65(94)82-56-58(89)32-10-15-45(37(19-32)30-7-12-36(102-6)13-8-30)104-47-21-34-22-48(62(47)108-72-63(61(92)60(91)49(27-84)106-72)107-51-26-73(4,76)64(93)29(3)103-51)105-46-16-11-33(20-40(46)74)59(90)57-70(99)81-55(71(100)101)39-23-35(85)24-44(87)52(39)38-18-31(9-14-43(38)86)53(67(96)83-57)80-68(97)54(34)79-66(95)42(25-50(75)88)78-69(56)98/h7-16,18-24,28-29,41-42,49,51,53-61,63-64,72,77,84-87,89-93H,17,25-27,76H2,1-6H3,(H2,75,88)(H,78,98)(H,79,95)(H,80,97)(H,81,99)(H,82,94)(H,83,96)(H,100,101)/t29-,41+,42-,49+,51-,53+,54+,55-,56+,57-,58+,59+,60+,61-,63+,64+,72-,73-/m0/s1. The number of aliphatic hydroxyl groups is 6. The van der Waals surface area contributed by atoms with Crippen LogP contribution < -0.4 is 67.6 Å². The van der Waals surface area contributed by atoms with E-state index in [-0.39, 0.29) is 46.8 Å². The number of hydrogen-bond acceptors (Lipinski definition) is 26. The number of carboxylic acids is 1. The average molecular weight is 1520 g/mol. The van der Waals surface area contributed by atoms with Crippen LogP contribution in [-0.4, -0.2) is 198 Å². The molecule has 18 atom stereocenters. The van der Waals surface area contributed by atoms with Crippen LogP contribution in [0.1, 0.15) is 105 Å². The molecule has 7 heterocycles. The van der Waals surface area contributed by atoms with Crippen LogP contribution in [0.2, 0.25) is 5.02 Å². The van der Waals surface area contributed by atoms with Gasteiger partial charge in [0.25, 0.3) is 0 Å². The maximum Gasteiger partial charge on any atom is 0.330 e. The van der Waals surface area contributed by atoms with Gasteiger partial charge >= 0.3 is 5.97 Å². The van der Waals surface area contributed by atoms with Crippen LogP contribution in [0.15, 0.2) is 103 Å². The van der Waals surface area contributed by atoms with Crippen LogP contribution in [0.5, 0.6) is 51.7 Å². The quantitative estimate of drug-likeness (QED) is 0.0685. The topological polar surface area (TPSA) is 540 Å². The number of likely N-dealkylation sites (N-methyl/N-ethyl adjacent to an activating group) is 1. The van der Waals surface area contributed by atoms with Crippen molar-refractivity contribution in [2.45, 2.75) is 156 Å². The third kappa shape index (κ3) is 16.5. The summed E-state index contributed by atoms with van der Waals surface area (Å²) in [5.41, 5.74) is 8.60. The fraction of sp³-hybridized carbons (Fsp3) is 0.397. The Morgan fingerprint density at radius 2 is 1.33 bits per heavy atom. The molecule has 6 aromatic rings. The Balaban J connectivity index is 1.21. The Bertz CT molecular complexity index is 4470. The van der Waals surface area contributed by atoms with Crippen molar-refractivity contribution in [3.8, 4) is 74.0 Å². The lowest BCUT2D eigenvalue weighted by Gasteiger charge is -2.47. The third-order valence-corrected chi connectivity index (χ3v) is 19.5. The Kier molecular flexibility index (Phi) is 23.4. The molecule has 35 heteroatoms. The maximum atomic E-state index is 16.3. The van der Waals surface area contributed by atoms with Gasteiger partial charge in [0.2, 0.25) is 53.4 Å². The number of nitrogens with one attached hydrogen (secondary N) is 7. The van der Waals surface area contributed by atoms with Gasteiger partial charge in [-0.25, -0.2) is 4.79 Å². The summed E-state index contributed by atoms with van der Waals surface area (Å²) in [6, 6.07) is 6.19. The van der Waals surface area contributed by atoms with Crippen molar-refractivity contribution >= 4 is 58.9 Å². The number of carbonyl (C=O) groups excluding carboxylic acids is 7. The van der Waals surface area contributed by atoms with Gasteiger partial charge in [0, 0.05) is 40.3 Å². The minimum absolute atomic E-state index is 0.0731. The van der Waals surface area contributed by atoms with Gasteiger partial charge in [0.05, 0.1) is 43.4 Å². The predicted molar refractivity (Wildman–Crippen MR) is 376 cm³/mol.